The standard InChI is InChI=1S/C38H37ClF5N3O7S/c1-52-33-22-26(10-15-32(33)23-6-11-27(39)12-7-23)37(40,41)34(35(48)46-18-16-28(45)17-19-46)47(54-36(49)38(42,43)44)55(50,51)31-14-9-24-20-30(13-8-25(24)21-31)53-29-4-2-3-5-29/h6-15,20-22,28-29,34H,2-5,16-19,45H2,1H3/t34-/m1/s1. The van der Waals surface area contributed by atoms with Crippen molar-refractivity contribution in [2.24, 2.45) is 5.73 Å². The number of sulfonamides is 1. The second kappa shape index (κ2) is 15.9. The van der Waals surface area contributed by atoms with E-state index in [1.807, 2.05) is 0 Å². The molecule has 0 unspecified atom stereocenters. The summed E-state index contributed by atoms with van der Waals surface area (Å²) in [4.78, 5) is 31.0. The van der Waals surface area contributed by atoms with Crippen LogP contribution in [0.15, 0.2) is 83.8 Å². The van der Waals surface area contributed by atoms with Gasteiger partial charge in [-0.15, -0.1) is 0 Å². The van der Waals surface area contributed by atoms with Crippen LogP contribution >= 0.6 is 11.6 Å². The number of fused-ring (bicyclic) bond motifs is 1. The molecule has 2 fully saturated rings. The second-order valence-corrected chi connectivity index (χ2v) is 15.7. The summed E-state index contributed by atoms with van der Waals surface area (Å²) in [6.07, 6.45) is -1.81. The Morgan fingerprint density at radius 2 is 1.51 bits per heavy atom. The van der Waals surface area contributed by atoms with E-state index in [0.717, 1.165) is 54.8 Å². The fourth-order valence-corrected chi connectivity index (χ4v) is 8.22. The van der Waals surface area contributed by atoms with Gasteiger partial charge in [-0.2, -0.15) is 22.0 Å². The van der Waals surface area contributed by atoms with Crippen molar-refractivity contribution in [2.45, 2.75) is 73.7 Å². The van der Waals surface area contributed by atoms with E-state index in [9.17, 15) is 31.2 Å². The van der Waals surface area contributed by atoms with Gasteiger partial charge in [-0.3, -0.25) is 4.79 Å². The van der Waals surface area contributed by atoms with Crippen molar-refractivity contribution in [1.29, 1.82) is 0 Å². The van der Waals surface area contributed by atoms with Gasteiger partial charge in [0, 0.05) is 35.3 Å². The average molecular weight is 810 g/mol. The van der Waals surface area contributed by atoms with Crippen LogP contribution in [0, 0.1) is 0 Å². The topological polar surface area (TPSA) is 128 Å². The third-order valence-corrected chi connectivity index (χ3v) is 11.6. The molecule has 0 spiro atoms. The van der Waals surface area contributed by atoms with E-state index in [2.05, 4.69) is 4.84 Å². The van der Waals surface area contributed by atoms with Gasteiger partial charge in [-0.1, -0.05) is 48.0 Å². The molecule has 2 N–H and O–H groups in total. The lowest BCUT2D eigenvalue weighted by atomic mass is 9.95. The molecule has 0 aromatic heterocycles. The number of carbonyl (C=O) groups is 2. The molecule has 1 amide bonds. The number of nitrogens with zero attached hydrogens (tertiary/aromatic N) is 2. The van der Waals surface area contributed by atoms with Crippen molar-refractivity contribution in [2.75, 3.05) is 20.2 Å². The Labute approximate surface area is 318 Å². The molecular formula is C38H37ClF5N3O7S. The van der Waals surface area contributed by atoms with E-state index in [1.54, 1.807) is 36.4 Å². The lowest BCUT2D eigenvalue weighted by Crippen LogP contribution is -2.60. The van der Waals surface area contributed by atoms with Crippen LogP contribution in [0.3, 0.4) is 0 Å². The van der Waals surface area contributed by atoms with Crippen molar-refractivity contribution >= 4 is 44.3 Å². The Morgan fingerprint density at radius 1 is 0.873 bits per heavy atom. The highest BCUT2D eigenvalue weighted by atomic mass is 35.5. The number of benzene rings is 4. The van der Waals surface area contributed by atoms with E-state index >= 15 is 8.78 Å². The van der Waals surface area contributed by atoms with E-state index in [-0.39, 0.29) is 43.2 Å². The van der Waals surface area contributed by atoms with Crippen molar-refractivity contribution in [3.8, 4) is 22.6 Å². The second-order valence-electron chi connectivity index (χ2n) is 13.4. The smallest absolute Gasteiger partial charge is 0.492 e. The van der Waals surface area contributed by atoms with Gasteiger partial charge in [0.2, 0.25) is 6.04 Å². The molecule has 10 nitrogen and oxygen atoms in total. The zero-order valence-electron chi connectivity index (χ0n) is 29.4. The highest BCUT2D eigenvalue weighted by Gasteiger charge is 2.58. The first-order valence-electron chi connectivity index (χ1n) is 17.4. The first-order valence-corrected chi connectivity index (χ1v) is 19.2. The van der Waals surface area contributed by atoms with Crippen molar-refractivity contribution in [3.05, 3.63) is 89.4 Å². The number of piperidine rings is 1. The van der Waals surface area contributed by atoms with Crippen LogP contribution in [0.5, 0.6) is 11.5 Å². The summed E-state index contributed by atoms with van der Waals surface area (Å²) in [5, 5.41) is 1.10. The van der Waals surface area contributed by atoms with Crippen LogP contribution in [-0.2, 0) is 30.4 Å². The summed E-state index contributed by atoms with van der Waals surface area (Å²) in [7, 11) is -4.49. The number of methoxy groups -OCH3 is 1. The van der Waals surface area contributed by atoms with Gasteiger partial charge in [-0.25, -0.2) is 13.2 Å². The van der Waals surface area contributed by atoms with Gasteiger partial charge >= 0.3 is 18.1 Å². The molecule has 294 valence electrons. The van der Waals surface area contributed by atoms with Gasteiger partial charge in [0.25, 0.3) is 15.9 Å². The fourth-order valence-electron chi connectivity index (χ4n) is 6.71. The summed E-state index contributed by atoms with van der Waals surface area (Å²) in [6.45, 7) is -0.457. The van der Waals surface area contributed by atoms with Crippen LogP contribution in [0.2, 0.25) is 5.02 Å². The number of rotatable bonds is 11. The van der Waals surface area contributed by atoms with Gasteiger partial charge in [0.15, 0.2) is 0 Å². The molecule has 4 aromatic carbocycles. The molecule has 1 aliphatic heterocycles. The number of hydrogen-bond donors (Lipinski definition) is 1. The zero-order valence-corrected chi connectivity index (χ0v) is 31.0. The Hall–Kier alpha value is -4.51. The maximum absolute atomic E-state index is 17.2. The number of halogens is 6. The quantitative estimate of drug-likeness (QED) is 0.121. The van der Waals surface area contributed by atoms with E-state index in [4.69, 9.17) is 26.8 Å². The molecule has 55 heavy (non-hydrogen) atoms. The first-order chi connectivity index (χ1) is 26.0. The molecule has 1 aliphatic carbocycles. The van der Waals surface area contributed by atoms with E-state index < -0.39 is 61.0 Å². The number of amides is 1. The van der Waals surface area contributed by atoms with Crippen molar-refractivity contribution in [3.63, 3.8) is 0 Å². The molecule has 0 bridgehead atoms. The Morgan fingerprint density at radius 3 is 2.15 bits per heavy atom. The van der Waals surface area contributed by atoms with E-state index in [0.29, 0.717) is 27.3 Å². The van der Waals surface area contributed by atoms with Crippen LogP contribution < -0.4 is 15.2 Å². The number of likely N-dealkylation sites (tertiary alicyclic amines) is 1. The highest BCUT2D eigenvalue weighted by Crippen LogP contribution is 2.43. The molecule has 4 aromatic rings. The number of carbonyl (C=O) groups excluding carboxylic acids is 2. The molecule has 6 rings (SSSR count). The summed E-state index contributed by atoms with van der Waals surface area (Å²) in [5.74, 6) is -9.06. The van der Waals surface area contributed by atoms with Crippen LogP contribution in [0.4, 0.5) is 22.0 Å². The van der Waals surface area contributed by atoms with Gasteiger partial charge in [0.05, 0.1) is 18.1 Å². The molecule has 17 heteroatoms. The van der Waals surface area contributed by atoms with Gasteiger partial charge in [0.1, 0.15) is 11.5 Å². The molecule has 1 saturated heterocycles. The Kier molecular flexibility index (Phi) is 11.6. The largest absolute Gasteiger partial charge is 0.496 e. The predicted octanol–water partition coefficient (Wildman–Crippen LogP) is 7.61. The molecular weight excluding hydrogens is 773 g/mol. The van der Waals surface area contributed by atoms with Crippen LogP contribution in [-0.4, -0.2) is 74.2 Å². The maximum atomic E-state index is 17.2. The lowest BCUT2D eigenvalue weighted by molar-refractivity contribution is -0.239. The molecule has 1 saturated carbocycles. The Bertz CT molecular complexity index is 2160. The third-order valence-electron chi connectivity index (χ3n) is 9.71. The zero-order chi connectivity index (χ0) is 39.7. The number of hydrogen-bond acceptors (Lipinski definition) is 8. The summed E-state index contributed by atoms with van der Waals surface area (Å²) < 4.78 is 115. The van der Waals surface area contributed by atoms with Gasteiger partial charge < -0.3 is 24.9 Å². The average Bonchev–Trinajstić information content (AvgIpc) is 3.67. The first kappa shape index (κ1) is 40.2. The SMILES string of the molecule is COc1cc(C(F)(F)[C@@H](C(=O)N2CCC(N)CC2)N(OC(=O)C(F)(F)F)S(=O)(=O)c2ccc3cc(OC4CCCC4)ccc3c2)ccc1-c1ccc(Cl)cc1. The van der Waals surface area contributed by atoms with Crippen LogP contribution in [0.25, 0.3) is 21.9 Å². The van der Waals surface area contributed by atoms with E-state index in [1.165, 1.54) is 25.3 Å². The minimum Gasteiger partial charge on any atom is -0.496 e. The fraction of sp³-hybridized carbons (Fsp3) is 0.368. The molecule has 1 atom stereocenters. The highest BCUT2D eigenvalue weighted by molar-refractivity contribution is 7.89. The normalized spacial score (nSPS) is 16.7. The number of ether oxygens (including phenoxy) is 2. The number of nitrogens with two attached hydrogens (primary N) is 1. The summed E-state index contributed by atoms with van der Waals surface area (Å²) in [6, 6.07) is 13.4. The van der Waals surface area contributed by atoms with Crippen LogP contribution in [0.1, 0.15) is 44.1 Å². The van der Waals surface area contributed by atoms with Crippen molar-refractivity contribution in [1.82, 2.24) is 9.37 Å². The summed E-state index contributed by atoms with van der Waals surface area (Å²) >= 11 is 5.99. The molecule has 1 heterocycles. The number of hydroxylamine groups is 1. The maximum Gasteiger partial charge on any atom is 0.492 e. The minimum absolute atomic E-state index is 0.00867. The number of alkyl halides is 5. The Balaban J connectivity index is 1.47. The minimum atomic E-state index is -5.85. The monoisotopic (exact) mass is 809 g/mol. The molecule has 0 radical (unpaired) electrons. The predicted molar refractivity (Wildman–Crippen MR) is 193 cm³/mol. The third kappa shape index (κ3) is 8.67. The molecule has 2 aliphatic rings. The summed E-state index contributed by atoms with van der Waals surface area (Å²) in [5.41, 5.74) is 5.72. The van der Waals surface area contributed by atoms with Gasteiger partial charge in [-0.05, 0) is 102 Å². The lowest BCUT2D eigenvalue weighted by Gasteiger charge is -2.38. The van der Waals surface area contributed by atoms with Crippen molar-refractivity contribution < 1.29 is 54.3 Å².